The molecule has 0 bridgehead atoms. The zero-order valence-electron chi connectivity index (χ0n) is 13.9. The first-order valence-corrected chi connectivity index (χ1v) is 8.56. The minimum absolute atomic E-state index is 0.132. The van der Waals surface area contributed by atoms with Crippen molar-refractivity contribution in [2.45, 2.75) is 10.4 Å². The number of amides is 1. The quantitative estimate of drug-likeness (QED) is 0.688. The number of hydrogen-bond donors (Lipinski definition) is 1. The molecule has 3 rings (SSSR count). The van der Waals surface area contributed by atoms with Crippen LogP contribution in [0, 0.1) is 0 Å². The maximum Gasteiger partial charge on any atom is 0.242 e. The molecule has 1 aromatic heterocycles. The van der Waals surface area contributed by atoms with E-state index in [-0.39, 0.29) is 5.91 Å². The summed E-state index contributed by atoms with van der Waals surface area (Å²) in [5.41, 5.74) is 1.58. The van der Waals surface area contributed by atoms with Gasteiger partial charge in [-0.2, -0.15) is 0 Å². The second-order valence-electron chi connectivity index (χ2n) is 5.35. The predicted molar refractivity (Wildman–Crippen MR) is 97.7 cm³/mol. The molecule has 1 N–H and O–H groups in total. The summed E-state index contributed by atoms with van der Waals surface area (Å²) in [7, 11) is 3.45. The Labute approximate surface area is 150 Å². The van der Waals surface area contributed by atoms with Crippen LogP contribution in [0.25, 0.3) is 0 Å². The van der Waals surface area contributed by atoms with E-state index in [2.05, 4.69) is 15.5 Å². The number of thioether (sulfide) groups is 1. The fraction of sp³-hybridized carbons (Fsp3) is 0.167. The molecule has 0 saturated carbocycles. The lowest BCUT2D eigenvalue weighted by molar-refractivity contribution is -0.115. The summed E-state index contributed by atoms with van der Waals surface area (Å²) < 4.78 is 7.00. The van der Waals surface area contributed by atoms with Crippen LogP contribution >= 0.6 is 11.8 Å². The maximum absolute atomic E-state index is 12.9. The first-order valence-electron chi connectivity index (χ1n) is 7.68. The van der Waals surface area contributed by atoms with Gasteiger partial charge in [-0.05, 0) is 17.7 Å². The highest BCUT2D eigenvalue weighted by Crippen LogP contribution is 2.35. The molecule has 0 fully saturated rings. The molecule has 3 aromatic rings. The topological polar surface area (TPSA) is 69.0 Å². The number of aryl methyl sites for hydroxylation is 1. The number of nitrogens with one attached hydrogen (secondary N) is 1. The van der Waals surface area contributed by atoms with Gasteiger partial charge in [0.1, 0.15) is 17.3 Å². The summed E-state index contributed by atoms with van der Waals surface area (Å²) in [6.07, 6.45) is 1.62. The van der Waals surface area contributed by atoms with Crippen LogP contribution in [0.2, 0.25) is 0 Å². The average Bonchev–Trinajstić information content (AvgIpc) is 3.05. The minimum atomic E-state index is -0.449. The number of carbonyl (C=O) groups excluding carboxylic acids is 1. The van der Waals surface area contributed by atoms with Crippen molar-refractivity contribution in [2.75, 3.05) is 12.4 Å². The third-order valence-corrected chi connectivity index (χ3v) is 4.87. The molecule has 0 saturated heterocycles. The summed E-state index contributed by atoms with van der Waals surface area (Å²) in [5, 5.41) is 11.1. The van der Waals surface area contributed by atoms with Crippen molar-refractivity contribution >= 4 is 23.4 Å². The van der Waals surface area contributed by atoms with E-state index in [1.165, 1.54) is 11.8 Å². The monoisotopic (exact) mass is 354 g/mol. The lowest BCUT2D eigenvalue weighted by Gasteiger charge is -2.16. The number of anilines is 1. The molecule has 0 aliphatic heterocycles. The lowest BCUT2D eigenvalue weighted by atomic mass is 10.1. The molecule has 7 heteroatoms. The van der Waals surface area contributed by atoms with Crippen molar-refractivity contribution in [3.63, 3.8) is 0 Å². The number of rotatable bonds is 6. The molecule has 25 heavy (non-hydrogen) atoms. The number of aromatic nitrogens is 3. The average molecular weight is 354 g/mol. The van der Waals surface area contributed by atoms with Crippen LogP contribution in [0.3, 0.4) is 0 Å². The normalized spacial score (nSPS) is 11.8. The van der Waals surface area contributed by atoms with Gasteiger partial charge >= 0.3 is 0 Å². The third-order valence-electron chi connectivity index (χ3n) is 3.57. The van der Waals surface area contributed by atoms with Crippen molar-refractivity contribution in [3.8, 4) is 5.75 Å². The Morgan fingerprint density at radius 3 is 2.68 bits per heavy atom. The summed E-state index contributed by atoms with van der Waals surface area (Å²) in [5.74, 6) is 0.558. The number of benzene rings is 2. The fourth-order valence-electron chi connectivity index (χ4n) is 2.29. The Kier molecular flexibility index (Phi) is 5.35. The zero-order valence-corrected chi connectivity index (χ0v) is 14.7. The van der Waals surface area contributed by atoms with E-state index in [4.69, 9.17) is 4.74 Å². The van der Waals surface area contributed by atoms with E-state index in [1.807, 2.05) is 55.6 Å². The molecule has 1 unspecified atom stereocenters. The maximum atomic E-state index is 12.9. The van der Waals surface area contributed by atoms with Crippen molar-refractivity contribution < 1.29 is 9.53 Å². The standard InChI is InChI=1S/C18H18N4O2S/c1-22-12-19-21-18(22)25-16(13-7-4-3-5-8-13)17(23)20-14-9-6-10-15(11-14)24-2/h3-12,16H,1-2H3,(H,20,23). The van der Waals surface area contributed by atoms with Crippen LogP contribution in [-0.4, -0.2) is 27.8 Å². The zero-order chi connectivity index (χ0) is 17.6. The minimum Gasteiger partial charge on any atom is -0.497 e. The van der Waals surface area contributed by atoms with Crippen molar-refractivity contribution in [1.82, 2.24) is 14.8 Å². The molecule has 1 amide bonds. The van der Waals surface area contributed by atoms with Gasteiger partial charge in [-0.1, -0.05) is 48.2 Å². The SMILES string of the molecule is COc1cccc(NC(=O)C(Sc2nncn2C)c2ccccc2)c1. The van der Waals surface area contributed by atoms with Gasteiger partial charge in [-0.15, -0.1) is 10.2 Å². The predicted octanol–water partition coefficient (Wildman–Crippen LogP) is 3.30. The Hall–Kier alpha value is -2.80. The fourth-order valence-corrected chi connectivity index (χ4v) is 3.27. The van der Waals surface area contributed by atoms with E-state index in [9.17, 15) is 4.79 Å². The summed E-state index contributed by atoms with van der Waals surface area (Å²) in [6, 6.07) is 16.9. The summed E-state index contributed by atoms with van der Waals surface area (Å²) in [6.45, 7) is 0. The van der Waals surface area contributed by atoms with Gasteiger partial charge in [0.25, 0.3) is 0 Å². The smallest absolute Gasteiger partial charge is 0.242 e. The van der Waals surface area contributed by atoms with Gasteiger partial charge in [-0.25, -0.2) is 0 Å². The van der Waals surface area contributed by atoms with Crippen LogP contribution in [0.5, 0.6) is 5.75 Å². The van der Waals surface area contributed by atoms with Crippen molar-refractivity contribution in [3.05, 3.63) is 66.5 Å². The highest BCUT2D eigenvalue weighted by Gasteiger charge is 2.24. The molecular weight excluding hydrogens is 336 g/mol. The van der Waals surface area contributed by atoms with E-state index >= 15 is 0 Å². The number of nitrogens with zero attached hydrogens (tertiary/aromatic N) is 3. The van der Waals surface area contributed by atoms with Gasteiger partial charge in [0.2, 0.25) is 5.91 Å². The Bertz CT molecular complexity index is 851. The first kappa shape index (κ1) is 17.0. The van der Waals surface area contributed by atoms with Crippen molar-refractivity contribution in [2.24, 2.45) is 7.05 Å². The first-order chi connectivity index (χ1) is 12.2. The molecular formula is C18H18N4O2S. The van der Waals surface area contributed by atoms with Crippen LogP contribution < -0.4 is 10.1 Å². The molecule has 0 radical (unpaired) electrons. The van der Waals surface area contributed by atoms with Crippen LogP contribution in [0.4, 0.5) is 5.69 Å². The second-order valence-corrected chi connectivity index (χ2v) is 6.43. The van der Waals surface area contributed by atoms with Gasteiger partial charge in [0, 0.05) is 18.8 Å². The number of ether oxygens (including phenoxy) is 1. The Balaban J connectivity index is 1.85. The van der Waals surface area contributed by atoms with Crippen LogP contribution in [0.1, 0.15) is 10.8 Å². The lowest BCUT2D eigenvalue weighted by Crippen LogP contribution is -2.19. The Morgan fingerprint density at radius 1 is 1.20 bits per heavy atom. The molecule has 1 heterocycles. The van der Waals surface area contributed by atoms with Crippen LogP contribution in [-0.2, 0) is 11.8 Å². The molecule has 2 aromatic carbocycles. The van der Waals surface area contributed by atoms with E-state index in [0.717, 1.165) is 5.56 Å². The van der Waals surface area contributed by atoms with Gasteiger partial charge in [0.05, 0.1) is 7.11 Å². The number of methoxy groups -OCH3 is 1. The third kappa shape index (κ3) is 4.19. The molecule has 1 atom stereocenters. The summed E-state index contributed by atoms with van der Waals surface area (Å²) >= 11 is 1.36. The highest BCUT2D eigenvalue weighted by molar-refractivity contribution is 8.00. The van der Waals surface area contributed by atoms with Crippen LogP contribution in [0.15, 0.2) is 66.1 Å². The van der Waals surface area contributed by atoms with Gasteiger partial charge in [-0.3, -0.25) is 4.79 Å². The second kappa shape index (κ2) is 7.85. The van der Waals surface area contributed by atoms with E-state index < -0.39 is 5.25 Å². The number of carbonyl (C=O) groups is 1. The molecule has 6 nitrogen and oxygen atoms in total. The molecule has 0 aliphatic rings. The molecule has 0 spiro atoms. The number of hydrogen-bond acceptors (Lipinski definition) is 5. The van der Waals surface area contributed by atoms with E-state index in [1.54, 1.807) is 24.1 Å². The summed E-state index contributed by atoms with van der Waals surface area (Å²) in [4.78, 5) is 12.9. The Morgan fingerprint density at radius 2 is 2.00 bits per heavy atom. The van der Waals surface area contributed by atoms with Gasteiger partial charge in [0.15, 0.2) is 5.16 Å². The highest BCUT2D eigenvalue weighted by atomic mass is 32.2. The van der Waals surface area contributed by atoms with Gasteiger partial charge < -0.3 is 14.6 Å². The van der Waals surface area contributed by atoms with E-state index in [0.29, 0.717) is 16.6 Å². The molecule has 128 valence electrons. The largest absolute Gasteiger partial charge is 0.497 e. The van der Waals surface area contributed by atoms with Crippen molar-refractivity contribution in [1.29, 1.82) is 0 Å². The molecule has 0 aliphatic carbocycles.